The van der Waals surface area contributed by atoms with Crippen molar-refractivity contribution in [1.29, 1.82) is 0 Å². The van der Waals surface area contributed by atoms with Crippen LogP contribution in [-0.2, 0) is 4.74 Å². The number of aromatic nitrogens is 1. The number of benzene rings is 1. The van der Waals surface area contributed by atoms with Crippen LogP contribution in [0.25, 0.3) is 0 Å². The molecule has 1 unspecified atom stereocenters. The standard InChI is InChI=1S/C21H23FN2O3/c1-14(2)27-21(26)18-6-3-11-23-20(18)24-12-4-5-16(13-24)19(25)15-7-9-17(22)10-8-15/h3,6-11,14,16H,4-5,12-13H2,1-2H3. The zero-order chi connectivity index (χ0) is 19.4. The minimum absolute atomic E-state index is 0.0121. The number of piperidine rings is 1. The fourth-order valence-electron chi connectivity index (χ4n) is 3.32. The van der Waals surface area contributed by atoms with Crippen LogP contribution >= 0.6 is 0 Å². The Morgan fingerprint density at radius 1 is 1.22 bits per heavy atom. The van der Waals surface area contributed by atoms with E-state index in [4.69, 9.17) is 4.74 Å². The summed E-state index contributed by atoms with van der Waals surface area (Å²) in [5.74, 6) is -0.472. The largest absolute Gasteiger partial charge is 0.459 e. The molecule has 3 rings (SSSR count). The number of carbonyl (C=O) groups excluding carboxylic acids is 2. The average Bonchev–Trinajstić information content (AvgIpc) is 2.67. The lowest BCUT2D eigenvalue weighted by Gasteiger charge is -2.33. The molecular weight excluding hydrogens is 347 g/mol. The van der Waals surface area contributed by atoms with E-state index in [1.54, 1.807) is 32.2 Å². The van der Waals surface area contributed by atoms with Gasteiger partial charge in [-0.3, -0.25) is 4.79 Å². The summed E-state index contributed by atoms with van der Waals surface area (Å²) < 4.78 is 18.4. The molecular formula is C21H23FN2O3. The molecule has 0 amide bonds. The van der Waals surface area contributed by atoms with Gasteiger partial charge in [-0.15, -0.1) is 0 Å². The molecule has 1 aliphatic rings. The lowest BCUT2D eigenvalue weighted by Crippen LogP contribution is -2.40. The van der Waals surface area contributed by atoms with Crippen LogP contribution in [-0.4, -0.2) is 35.9 Å². The number of hydrogen-bond donors (Lipinski definition) is 0. The molecule has 0 radical (unpaired) electrons. The Balaban J connectivity index is 1.79. The molecule has 142 valence electrons. The number of halogens is 1. The number of ether oxygens (including phenoxy) is 1. The molecule has 6 heteroatoms. The van der Waals surface area contributed by atoms with Gasteiger partial charge in [0, 0.05) is 30.8 Å². The summed E-state index contributed by atoms with van der Waals surface area (Å²) in [6, 6.07) is 9.02. The van der Waals surface area contributed by atoms with Gasteiger partial charge < -0.3 is 9.64 Å². The van der Waals surface area contributed by atoms with E-state index < -0.39 is 5.97 Å². The Morgan fingerprint density at radius 2 is 1.96 bits per heavy atom. The lowest BCUT2D eigenvalue weighted by atomic mass is 9.90. The third-order valence-corrected chi connectivity index (χ3v) is 4.57. The van der Waals surface area contributed by atoms with Crippen molar-refractivity contribution in [2.45, 2.75) is 32.8 Å². The zero-order valence-corrected chi connectivity index (χ0v) is 15.5. The minimum Gasteiger partial charge on any atom is -0.459 e. The molecule has 1 fully saturated rings. The second-order valence-corrected chi connectivity index (χ2v) is 6.98. The Labute approximate surface area is 158 Å². The molecule has 0 aliphatic carbocycles. The van der Waals surface area contributed by atoms with Crippen LogP contribution < -0.4 is 4.90 Å². The number of Topliss-reactive ketones (excluding diaryl/α,β-unsaturated/α-hetero) is 1. The minimum atomic E-state index is -0.417. The highest BCUT2D eigenvalue weighted by molar-refractivity contribution is 5.98. The van der Waals surface area contributed by atoms with Gasteiger partial charge in [0.25, 0.3) is 0 Å². The highest BCUT2D eigenvalue weighted by Gasteiger charge is 2.29. The van der Waals surface area contributed by atoms with E-state index >= 15 is 0 Å². The van der Waals surface area contributed by atoms with E-state index in [0.717, 1.165) is 12.8 Å². The third-order valence-electron chi connectivity index (χ3n) is 4.57. The number of nitrogens with zero attached hydrogens (tertiary/aromatic N) is 2. The van der Waals surface area contributed by atoms with E-state index in [9.17, 15) is 14.0 Å². The number of ketones is 1. The van der Waals surface area contributed by atoms with Crippen LogP contribution in [0.3, 0.4) is 0 Å². The first-order chi connectivity index (χ1) is 13.0. The highest BCUT2D eigenvalue weighted by atomic mass is 19.1. The van der Waals surface area contributed by atoms with E-state index in [0.29, 0.717) is 30.0 Å². The van der Waals surface area contributed by atoms with E-state index in [-0.39, 0.29) is 23.6 Å². The van der Waals surface area contributed by atoms with Gasteiger partial charge in [0.05, 0.1) is 6.10 Å². The smallest absolute Gasteiger partial charge is 0.342 e. The third kappa shape index (κ3) is 4.51. The lowest BCUT2D eigenvalue weighted by molar-refractivity contribution is 0.0378. The Hall–Kier alpha value is -2.76. The molecule has 1 saturated heterocycles. The van der Waals surface area contributed by atoms with E-state index in [2.05, 4.69) is 4.98 Å². The van der Waals surface area contributed by atoms with Crippen LogP contribution in [0.2, 0.25) is 0 Å². The summed E-state index contributed by atoms with van der Waals surface area (Å²) in [4.78, 5) is 31.5. The van der Waals surface area contributed by atoms with Gasteiger partial charge in [-0.2, -0.15) is 0 Å². The summed E-state index contributed by atoms with van der Waals surface area (Å²) in [5, 5.41) is 0. The molecule has 0 spiro atoms. The van der Waals surface area contributed by atoms with Crippen molar-refractivity contribution in [3.63, 3.8) is 0 Å². The molecule has 1 atom stereocenters. The van der Waals surface area contributed by atoms with Crippen LogP contribution in [0.1, 0.15) is 47.4 Å². The van der Waals surface area contributed by atoms with Crippen LogP contribution in [0.5, 0.6) is 0 Å². The molecule has 2 aromatic rings. The van der Waals surface area contributed by atoms with Gasteiger partial charge in [0.15, 0.2) is 5.78 Å². The monoisotopic (exact) mass is 370 g/mol. The van der Waals surface area contributed by atoms with Gasteiger partial charge >= 0.3 is 5.97 Å². The zero-order valence-electron chi connectivity index (χ0n) is 15.5. The number of pyridine rings is 1. The molecule has 0 saturated carbocycles. The summed E-state index contributed by atoms with van der Waals surface area (Å²) in [7, 11) is 0. The fraction of sp³-hybridized carbons (Fsp3) is 0.381. The quantitative estimate of drug-likeness (QED) is 0.590. The first-order valence-electron chi connectivity index (χ1n) is 9.16. The predicted molar refractivity (Wildman–Crippen MR) is 100 cm³/mol. The summed E-state index contributed by atoms with van der Waals surface area (Å²) >= 11 is 0. The van der Waals surface area contributed by atoms with Crippen molar-refractivity contribution < 1.29 is 18.7 Å². The van der Waals surface area contributed by atoms with Crippen molar-refractivity contribution in [2.75, 3.05) is 18.0 Å². The topological polar surface area (TPSA) is 59.5 Å². The molecule has 1 aromatic carbocycles. The van der Waals surface area contributed by atoms with Gasteiger partial charge in [0.1, 0.15) is 17.2 Å². The number of rotatable bonds is 5. The van der Waals surface area contributed by atoms with E-state index in [1.807, 2.05) is 4.90 Å². The van der Waals surface area contributed by atoms with Crippen molar-refractivity contribution in [3.8, 4) is 0 Å². The van der Waals surface area contributed by atoms with Gasteiger partial charge in [-0.05, 0) is 63.1 Å². The first-order valence-corrected chi connectivity index (χ1v) is 9.16. The van der Waals surface area contributed by atoms with Crippen molar-refractivity contribution in [2.24, 2.45) is 5.92 Å². The maximum atomic E-state index is 13.1. The Bertz CT molecular complexity index is 820. The van der Waals surface area contributed by atoms with Crippen molar-refractivity contribution >= 4 is 17.6 Å². The maximum Gasteiger partial charge on any atom is 0.342 e. The SMILES string of the molecule is CC(C)OC(=O)c1cccnc1N1CCCC(C(=O)c2ccc(F)cc2)C1. The van der Waals surface area contributed by atoms with Gasteiger partial charge in [0.2, 0.25) is 0 Å². The fourth-order valence-corrected chi connectivity index (χ4v) is 3.32. The highest BCUT2D eigenvalue weighted by Crippen LogP contribution is 2.27. The van der Waals surface area contributed by atoms with E-state index in [1.165, 1.54) is 24.3 Å². The maximum absolute atomic E-state index is 13.1. The number of esters is 1. The summed E-state index contributed by atoms with van der Waals surface area (Å²) in [6.45, 7) is 4.78. The summed E-state index contributed by atoms with van der Waals surface area (Å²) in [5.41, 5.74) is 0.907. The summed E-state index contributed by atoms with van der Waals surface area (Å²) in [6.07, 6.45) is 2.98. The molecule has 1 aliphatic heterocycles. The van der Waals surface area contributed by atoms with Gasteiger partial charge in [-0.25, -0.2) is 14.2 Å². The van der Waals surface area contributed by atoms with Gasteiger partial charge in [-0.1, -0.05) is 0 Å². The Kier molecular flexibility index (Phi) is 5.84. The first kappa shape index (κ1) is 19.0. The molecule has 27 heavy (non-hydrogen) atoms. The number of carbonyl (C=O) groups is 2. The molecule has 0 N–H and O–H groups in total. The van der Waals surface area contributed by atoms with Crippen LogP contribution in [0, 0.1) is 11.7 Å². The number of anilines is 1. The van der Waals surface area contributed by atoms with Crippen LogP contribution in [0.15, 0.2) is 42.6 Å². The normalized spacial score (nSPS) is 17.0. The molecule has 1 aromatic heterocycles. The van der Waals surface area contributed by atoms with Crippen molar-refractivity contribution in [3.05, 3.63) is 59.5 Å². The molecule has 2 heterocycles. The van der Waals surface area contributed by atoms with Crippen LogP contribution in [0.4, 0.5) is 10.2 Å². The molecule has 0 bridgehead atoms. The second-order valence-electron chi connectivity index (χ2n) is 6.98. The average molecular weight is 370 g/mol. The second kappa shape index (κ2) is 8.29. The Morgan fingerprint density at radius 3 is 2.67 bits per heavy atom. The van der Waals surface area contributed by atoms with Crippen molar-refractivity contribution in [1.82, 2.24) is 4.98 Å². The molecule has 5 nitrogen and oxygen atoms in total. The predicted octanol–water partition coefficient (Wildman–Crippen LogP) is 3.89. The number of hydrogen-bond acceptors (Lipinski definition) is 5.